The van der Waals surface area contributed by atoms with Crippen LogP contribution in [0, 0.1) is 36.5 Å². The maximum Gasteiger partial charge on any atom is 0.306 e. The van der Waals surface area contributed by atoms with Crippen molar-refractivity contribution in [3.05, 3.63) is 35.4 Å². The number of hydrogen-bond acceptors (Lipinski definition) is 2. The Kier molecular flexibility index (Phi) is 4.29. The van der Waals surface area contributed by atoms with Gasteiger partial charge in [0.25, 0.3) is 0 Å². The number of aryl methyl sites for hydroxylation is 1. The second kappa shape index (κ2) is 5.96. The van der Waals surface area contributed by atoms with Crippen molar-refractivity contribution in [1.82, 2.24) is 0 Å². The number of carbonyl (C=O) groups is 1. The summed E-state index contributed by atoms with van der Waals surface area (Å²) in [6.45, 7) is 10.8. The first-order valence-electron chi connectivity index (χ1n) is 9.07. The predicted molar refractivity (Wildman–Crippen MR) is 92.9 cm³/mol. The van der Waals surface area contributed by atoms with Crippen LogP contribution in [0.25, 0.3) is 0 Å². The third-order valence-corrected chi connectivity index (χ3v) is 6.58. The van der Waals surface area contributed by atoms with E-state index >= 15 is 0 Å². The molecule has 0 saturated heterocycles. The first kappa shape index (κ1) is 16.5. The Hall–Kier alpha value is -1.31. The number of fused-ring (bicyclic) bond motifs is 2. The highest BCUT2D eigenvalue weighted by atomic mass is 16.6. The summed E-state index contributed by atoms with van der Waals surface area (Å²) in [5.41, 5.74) is 1.73. The Morgan fingerprint density at radius 3 is 2.35 bits per heavy atom. The van der Waals surface area contributed by atoms with E-state index in [1.54, 1.807) is 0 Å². The van der Waals surface area contributed by atoms with Gasteiger partial charge in [0.05, 0.1) is 0 Å². The smallest absolute Gasteiger partial charge is 0.306 e. The summed E-state index contributed by atoms with van der Waals surface area (Å²) >= 11 is 0. The number of ether oxygens (including phenoxy) is 1. The van der Waals surface area contributed by atoms with Gasteiger partial charge in [0.1, 0.15) is 5.60 Å². The highest BCUT2D eigenvalue weighted by Crippen LogP contribution is 2.56. The normalized spacial score (nSPS) is 33.0. The standard InChI is InChI=1S/C21H30O2/c1-13-6-8-18(9-7-13)21(4,5)23-20(22)12-17-10-16-11-19(17)15(3)14(16)2/h6-9,14-17,19H,10-12H2,1-5H3. The largest absolute Gasteiger partial charge is 0.455 e. The molecule has 5 atom stereocenters. The van der Waals surface area contributed by atoms with E-state index in [2.05, 4.69) is 45.0 Å². The van der Waals surface area contributed by atoms with Crippen LogP contribution in [0.4, 0.5) is 0 Å². The molecular formula is C21H30O2. The summed E-state index contributed by atoms with van der Waals surface area (Å²) in [5.74, 6) is 3.65. The Morgan fingerprint density at radius 2 is 1.78 bits per heavy atom. The SMILES string of the molecule is Cc1ccc(C(C)(C)OC(=O)CC2CC3CC2C(C)C3C)cc1. The lowest BCUT2D eigenvalue weighted by Gasteiger charge is -2.32. The van der Waals surface area contributed by atoms with E-state index in [0.717, 1.165) is 29.2 Å². The number of esters is 1. The highest BCUT2D eigenvalue weighted by Gasteiger charge is 2.49. The molecule has 2 aliphatic rings. The van der Waals surface area contributed by atoms with Crippen molar-refractivity contribution < 1.29 is 9.53 Å². The fraction of sp³-hybridized carbons (Fsp3) is 0.667. The van der Waals surface area contributed by atoms with Gasteiger partial charge in [-0.3, -0.25) is 4.79 Å². The van der Waals surface area contributed by atoms with E-state index < -0.39 is 5.60 Å². The van der Waals surface area contributed by atoms with E-state index in [0.29, 0.717) is 12.3 Å². The van der Waals surface area contributed by atoms with Crippen molar-refractivity contribution >= 4 is 5.97 Å². The van der Waals surface area contributed by atoms with Gasteiger partial charge in [0, 0.05) is 6.42 Å². The maximum absolute atomic E-state index is 12.5. The topological polar surface area (TPSA) is 26.3 Å². The van der Waals surface area contributed by atoms with Gasteiger partial charge >= 0.3 is 5.97 Å². The molecule has 1 aromatic rings. The molecule has 5 unspecified atom stereocenters. The molecule has 23 heavy (non-hydrogen) atoms. The minimum atomic E-state index is -0.554. The van der Waals surface area contributed by atoms with Crippen LogP contribution >= 0.6 is 0 Å². The number of rotatable bonds is 4. The summed E-state index contributed by atoms with van der Waals surface area (Å²) in [4.78, 5) is 12.5. The van der Waals surface area contributed by atoms with Gasteiger partial charge in [-0.2, -0.15) is 0 Å². The monoisotopic (exact) mass is 314 g/mol. The summed E-state index contributed by atoms with van der Waals surface area (Å²) in [7, 11) is 0. The average Bonchev–Trinajstić information content (AvgIpc) is 2.99. The van der Waals surface area contributed by atoms with Crippen molar-refractivity contribution in [3.63, 3.8) is 0 Å². The number of carbonyl (C=O) groups excluding carboxylic acids is 1. The molecule has 0 N–H and O–H groups in total. The lowest BCUT2D eigenvalue weighted by Crippen LogP contribution is -2.30. The molecule has 126 valence electrons. The Labute approximate surface area is 140 Å². The van der Waals surface area contributed by atoms with E-state index in [4.69, 9.17) is 4.74 Å². The van der Waals surface area contributed by atoms with Crippen LogP contribution in [0.1, 0.15) is 58.1 Å². The van der Waals surface area contributed by atoms with Crippen LogP contribution in [-0.4, -0.2) is 5.97 Å². The van der Waals surface area contributed by atoms with E-state index in [-0.39, 0.29) is 5.97 Å². The molecule has 2 fully saturated rings. The van der Waals surface area contributed by atoms with Gasteiger partial charge in [-0.15, -0.1) is 0 Å². The van der Waals surface area contributed by atoms with Crippen LogP contribution in [-0.2, 0) is 15.1 Å². The van der Waals surface area contributed by atoms with Crippen molar-refractivity contribution in [2.24, 2.45) is 29.6 Å². The van der Waals surface area contributed by atoms with Crippen LogP contribution in [0.2, 0.25) is 0 Å². The molecule has 1 aromatic carbocycles. The van der Waals surface area contributed by atoms with Crippen LogP contribution in [0.5, 0.6) is 0 Å². The first-order chi connectivity index (χ1) is 10.8. The maximum atomic E-state index is 12.5. The Morgan fingerprint density at radius 1 is 1.13 bits per heavy atom. The molecule has 0 heterocycles. The lowest BCUT2D eigenvalue weighted by molar-refractivity contribution is -0.159. The van der Waals surface area contributed by atoms with Crippen LogP contribution < -0.4 is 0 Å². The second-order valence-electron chi connectivity index (χ2n) is 8.43. The molecule has 0 radical (unpaired) electrons. The molecule has 2 heteroatoms. The van der Waals surface area contributed by atoms with Gasteiger partial charge in [0.15, 0.2) is 0 Å². The second-order valence-corrected chi connectivity index (χ2v) is 8.43. The average molecular weight is 314 g/mol. The van der Waals surface area contributed by atoms with E-state index in [1.165, 1.54) is 18.4 Å². The Balaban J connectivity index is 1.60. The molecule has 0 amide bonds. The molecule has 2 aliphatic carbocycles. The molecule has 0 spiro atoms. The van der Waals surface area contributed by atoms with Gasteiger partial charge in [-0.25, -0.2) is 0 Å². The number of hydrogen-bond donors (Lipinski definition) is 0. The molecular weight excluding hydrogens is 284 g/mol. The molecule has 2 nitrogen and oxygen atoms in total. The van der Waals surface area contributed by atoms with Gasteiger partial charge in [-0.05, 0) is 68.8 Å². The predicted octanol–water partition coefficient (Wildman–Crippen LogP) is 5.09. The quantitative estimate of drug-likeness (QED) is 0.723. The zero-order valence-corrected chi connectivity index (χ0v) is 15.1. The van der Waals surface area contributed by atoms with Crippen molar-refractivity contribution in [2.75, 3.05) is 0 Å². The zero-order valence-electron chi connectivity index (χ0n) is 15.1. The number of benzene rings is 1. The zero-order chi connectivity index (χ0) is 16.8. The molecule has 2 saturated carbocycles. The minimum Gasteiger partial charge on any atom is -0.455 e. The minimum absolute atomic E-state index is 0.0343. The molecule has 3 rings (SSSR count). The Bertz CT molecular complexity index is 570. The van der Waals surface area contributed by atoms with E-state index in [9.17, 15) is 4.79 Å². The summed E-state index contributed by atoms with van der Waals surface area (Å²) in [6.07, 6.45) is 3.13. The summed E-state index contributed by atoms with van der Waals surface area (Å²) in [6, 6.07) is 8.27. The van der Waals surface area contributed by atoms with Crippen molar-refractivity contribution in [2.45, 2.75) is 59.5 Å². The lowest BCUT2D eigenvalue weighted by atomic mass is 9.74. The highest BCUT2D eigenvalue weighted by molar-refractivity contribution is 5.70. The fourth-order valence-corrected chi connectivity index (χ4v) is 4.88. The third-order valence-electron chi connectivity index (χ3n) is 6.58. The first-order valence-corrected chi connectivity index (χ1v) is 9.07. The van der Waals surface area contributed by atoms with Gasteiger partial charge < -0.3 is 4.74 Å². The van der Waals surface area contributed by atoms with Gasteiger partial charge in [-0.1, -0.05) is 43.7 Å². The molecule has 0 aromatic heterocycles. The molecule has 0 aliphatic heterocycles. The van der Waals surface area contributed by atoms with Crippen LogP contribution in [0.3, 0.4) is 0 Å². The van der Waals surface area contributed by atoms with Crippen LogP contribution in [0.15, 0.2) is 24.3 Å². The van der Waals surface area contributed by atoms with Gasteiger partial charge in [0.2, 0.25) is 0 Å². The van der Waals surface area contributed by atoms with E-state index in [1.807, 2.05) is 13.8 Å². The molecule has 2 bridgehead atoms. The third kappa shape index (κ3) is 3.18. The van der Waals surface area contributed by atoms with Crippen molar-refractivity contribution in [3.8, 4) is 0 Å². The summed E-state index contributed by atoms with van der Waals surface area (Å²) < 4.78 is 5.86. The fourth-order valence-electron chi connectivity index (χ4n) is 4.88. The van der Waals surface area contributed by atoms with Crippen molar-refractivity contribution in [1.29, 1.82) is 0 Å². The summed E-state index contributed by atoms with van der Waals surface area (Å²) in [5, 5.41) is 0.